The SMILES string of the molecule is COC(=O)C(C(C)C)C1(O)Cc2ccccc2C1. The Labute approximate surface area is 108 Å². The molecule has 0 bridgehead atoms. The van der Waals surface area contributed by atoms with Gasteiger partial charge in [0.1, 0.15) is 0 Å². The molecule has 3 nitrogen and oxygen atoms in total. The highest BCUT2D eigenvalue weighted by molar-refractivity contribution is 5.74. The van der Waals surface area contributed by atoms with Crippen LogP contribution in [0.4, 0.5) is 0 Å². The highest BCUT2D eigenvalue weighted by Crippen LogP contribution is 2.38. The molecular weight excluding hydrogens is 228 g/mol. The van der Waals surface area contributed by atoms with Gasteiger partial charge in [0.05, 0.1) is 18.6 Å². The van der Waals surface area contributed by atoms with Gasteiger partial charge in [0.25, 0.3) is 0 Å². The van der Waals surface area contributed by atoms with Crippen molar-refractivity contribution < 1.29 is 14.6 Å². The van der Waals surface area contributed by atoms with Gasteiger partial charge in [0.2, 0.25) is 0 Å². The van der Waals surface area contributed by atoms with Gasteiger partial charge in [-0.25, -0.2) is 0 Å². The van der Waals surface area contributed by atoms with E-state index in [1.165, 1.54) is 7.11 Å². The summed E-state index contributed by atoms with van der Waals surface area (Å²) in [5.41, 5.74) is 1.26. The van der Waals surface area contributed by atoms with Crippen molar-refractivity contribution >= 4 is 5.97 Å². The van der Waals surface area contributed by atoms with Crippen LogP contribution in [0.15, 0.2) is 24.3 Å². The first-order valence-corrected chi connectivity index (χ1v) is 6.35. The Morgan fingerprint density at radius 2 is 1.78 bits per heavy atom. The number of carbonyl (C=O) groups is 1. The molecule has 0 spiro atoms. The zero-order valence-corrected chi connectivity index (χ0v) is 11.1. The number of benzene rings is 1. The van der Waals surface area contributed by atoms with Gasteiger partial charge in [0.15, 0.2) is 0 Å². The highest BCUT2D eigenvalue weighted by Gasteiger charge is 2.47. The zero-order chi connectivity index (χ0) is 13.3. The van der Waals surface area contributed by atoms with Gasteiger partial charge in [0, 0.05) is 12.8 Å². The van der Waals surface area contributed by atoms with Crippen molar-refractivity contribution in [3.63, 3.8) is 0 Å². The number of carbonyl (C=O) groups excluding carboxylic acids is 1. The number of aliphatic hydroxyl groups is 1. The summed E-state index contributed by atoms with van der Waals surface area (Å²) in [6.45, 7) is 3.89. The Kier molecular flexibility index (Phi) is 3.44. The maximum Gasteiger partial charge on any atom is 0.311 e. The van der Waals surface area contributed by atoms with Crippen molar-refractivity contribution in [3.8, 4) is 0 Å². The largest absolute Gasteiger partial charge is 0.469 e. The molecule has 98 valence electrons. The van der Waals surface area contributed by atoms with Crippen LogP contribution in [0, 0.1) is 11.8 Å². The molecule has 0 radical (unpaired) electrons. The van der Waals surface area contributed by atoms with Crippen molar-refractivity contribution in [2.24, 2.45) is 11.8 Å². The number of methoxy groups -OCH3 is 1. The third kappa shape index (κ3) is 2.15. The smallest absolute Gasteiger partial charge is 0.311 e. The predicted octanol–water partition coefficient (Wildman–Crippen LogP) is 1.96. The molecule has 1 aromatic rings. The number of hydrogen-bond acceptors (Lipinski definition) is 3. The fourth-order valence-corrected chi connectivity index (χ4v) is 3.08. The first-order chi connectivity index (χ1) is 8.48. The van der Waals surface area contributed by atoms with Crippen LogP contribution in [0.25, 0.3) is 0 Å². The van der Waals surface area contributed by atoms with E-state index in [9.17, 15) is 9.90 Å². The van der Waals surface area contributed by atoms with Gasteiger partial charge < -0.3 is 9.84 Å². The second kappa shape index (κ2) is 4.73. The summed E-state index contributed by atoms with van der Waals surface area (Å²) in [6, 6.07) is 7.96. The number of ether oxygens (including phenoxy) is 1. The van der Waals surface area contributed by atoms with Crippen molar-refractivity contribution in [1.82, 2.24) is 0 Å². The van der Waals surface area contributed by atoms with Crippen molar-refractivity contribution in [1.29, 1.82) is 0 Å². The number of esters is 1. The fraction of sp³-hybridized carbons (Fsp3) is 0.533. The molecule has 3 heteroatoms. The average Bonchev–Trinajstić information content (AvgIpc) is 2.64. The maximum atomic E-state index is 11.9. The molecule has 0 aliphatic heterocycles. The Bertz CT molecular complexity index is 426. The minimum absolute atomic E-state index is 0.0526. The van der Waals surface area contributed by atoms with E-state index in [2.05, 4.69) is 0 Å². The van der Waals surface area contributed by atoms with Gasteiger partial charge in [-0.1, -0.05) is 38.1 Å². The molecule has 0 saturated heterocycles. The number of hydrogen-bond donors (Lipinski definition) is 1. The van der Waals surface area contributed by atoms with E-state index >= 15 is 0 Å². The molecule has 2 rings (SSSR count). The Morgan fingerprint density at radius 1 is 1.28 bits per heavy atom. The Hall–Kier alpha value is -1.35. The van der Waals surface area contributed by atoms with Gasteiger partial charge in [-0.15, -0.1) is 0 Å². The van der Waals surface area contributed by atoms with Crippen LogP contribution in [-0.4, -0.2) is 23.8 Å². The summed E-state index contributed by atoms with van der Waals surface area (Å²) in [5, 5.41) is 10.8. The summed E-state index contributed by atoms with van der Waals surface area (Å²) in [4.78, 5) is 11.9. The zero-order valence-electron chi connectivity index (χ0n) is 11.1. The minimum Gasteiger partial charge on any atom is -0.469 e. The molecule has 18 heavy (non-hydrogen) atoms. The lowest BCUT2D eigenvalue weighted by Crippen LogP contribution is -2.46. The van der Waals surface area contributed by atoms with Crippen LogP contribution < -0.4 is 0 Å². The van der Waals surface area contributed by atoms with E-state index in [-0.39, 0.29) is 11.9 Å². The van der Waals surface area contributed by atoms with E-state index in [0.29, 0.717) is 12.8 Å². The van der Waals surface area contributed by atoms with Crippen molar-refractivity contribution in [2.45, 2.75) is 32.3 Å². The topological polar surface area (TPSA) is 46.5 Å². The van der Waals surface area contributed by atoms with Crippen LogP contribution >= 0.6 is 0 Å². The van der Waals surface area contributed by atoms with Gasteiger partial charge in [-0.2, -0.15) is 0 Å². The molecule has 0 amide bonds. The van der Waals surface area contributed by atoms with E-state index in [4.69, 9.17) is 4.74 Å². The third-order valence-electron chi connectivity index (χ3n) is 3.81. The summed E-state index contributed by atoms with van der Waals surface area (Å²) in [6.07, 6.45) is 1.06. The normalized spacial score (nSPS) is 18.5. The average molecular weight is 248 g/mol. The summed E-state index contributed by atoms with van der Waals surface area (Å²) >= 11 is 0. The molecule has 0 heterocycles. The second-order valence-electron chi connectivity index (χ2n) is 5.47. The summed E-state index contributed by atoms with van der Waals surface area (Å²) in [7, 11) is 1.38. The highest BCUT2D eigenvalue weighted by atomic mass is 16.5. The minimum atomic E-state index is -1.01. The van der Waals surface area contributed by atoms with Crippen LogP contribution in [0.5, 0.6) is 0 Å². The van der Waals surface area contributed by atoms with Crippen molar-refractivity contribution in [3.05, 3.63) is 35.4 Å². The first-order valence-electron chi connectivity index (χ1n) is 6.35. The molecule has 1 aromatic carbocycles. The molecular formula is C15H20O3. The van der Waals surface area contributed by atoms with E-state index in [1.807, 2.05) is 38.1 Å². The Morgan fingerprint density at radius 3 is 2.17 bits per heavy atom. The first kappa shape index (κ1) is 13.1. The van der Waals surface area contributed by atoms with Crippen LogP contribution in [0.2, 0.25) is 0 Å². The van der Waals surface area contributed by atoms with Gasteiger partial charge >= 0.3 is 5.97 Å². The maximum absolute atomic E-state index is 11.9. The van der Waals surface area contributed by atoms with Crippen molar-refractivity contribution in [2.75, 3.05) is 7.11 Å². The lowest BCUT2D eigenvalue weighted by molar-refractivity contribution is -0.158. The quantitative estimate of drug-likeness (QED) is 0.832. The molecule has 1 atom stereocenters. The Balaban J connectivity index is 2.31. The number of rotatable bonds is 3. The van der Waals surface area contributed by atoms with Gasteiger partial charge in [-0.3, -0.25) is 4.79 Å². The fourth-order valence-electron chi connectivity index (χ4n) is 3.08. The van der Waals surface area contributed by atoms with Gasteiger partial charge in [-0.05, 0) is 17.0 Å². The molecule has 1 aliphatic rings. The lowest BCUT2D eigenvalue weighted by atomic mass is 9.77. The van der Waals surface area contributed by atoms with E-state index in [0.717, 1.165) is 11.1 Å². The third-order valence-corrected chi connectivity index (χ3v) is 3.81. The van der Waals surface area contributed by atoms with Crippen LogP contribution in [0.1, 0.15) is 25.0 Å². The molecule has 0 saturated carbocycles. The second-order valence-corrected chi connectivity index (χ2v) is 5.47. The standard InChI is InChI=1S/C15H20O3/c1-10(2)13(14(16)18-3)15(17)8-11-6-4-5-7-12(11)9-15/h4-7,10,13,17H,8-9H2,1-3H3. The molecule has 1 N–H and O–H groups in total. The molecule has 1 aliphatic carbocycles. The van der Waals surface area contributed by atoms with Crippen LogP contribution in [-0.2, 0) is 22.4 Å². The monoisotopic (exact) mass is 248 g/mol. The molecule has 0 fully saturated rings. The summed E-state index contributed by atoms with van der Waals surface area (Å²) in [5.74, 6) is -0.744. The van der Waals surface area contributed by atoms with E-state index < -0.39 is 11.5 Å². The van der Waals surface area contributed by atoms with Crippen LogP contribution in [0.3, 0.4) is 0 Å². The number of fused-ring (bicyclic) bond motifs is 1. The molecule has 1 unspecified atom stereocenters. The lowest BCUT2D eigenvalue weighted by Gasteiger charge is -2.33. The summed E-state index contributed by atoms with van der Waals surface area (Å²) < 4.78 is 4.85. The predicted molar refractivity (Wildman–Crippen MR) is 69.1 cm³/mol. The molecule has 0 aromatic heterocycles. The van der Waals surface area contributed by atoms with E-state index in [1.54, 1.807) is 0 Å².